The molecule has 0 spiro atoms. The fraction of sp³-hybridized carbons (Fsp3) is 0.714. The first kappa shape index (κ1) is 11.9. The van der Waals surface area contributed by atoms with Crippen LogP contribution < -0.4 is 10.9 Å². The predicted octanol–water partition coefficient (Wildman–Crippen LogP) is -0.883. The van der Waals surface area contributed by atoms with Gasteiger partial charge in [0.2, 0.25) is 0 Å². The summed E-state index contributed by atoms with van der Waals surface area (Å²) in [5.41, 5.74) is 5.16. The Bertz CT molecular complexity index is 183. The van der Waals surface area contributed by atoms with Gasteiger partial charge in [-0.1, -0.05) is 0 Å². The standard InChI is InChI=1S/C7H14N2O4/c1-8-9-5(7(12)13-2)3-4-6(10)11/h5,8-9H,3-4H2,1-2H3,(H,10,11)/t5-/m0/s1. The van der Waals surface area contributed by atoms with Gasteiger partial charge in [0.25, 0.3) is 0 Å². The third-order valence-electron chi connectivity index (χ3n) is 1.45. The minimum atomic E-state index is -0.938. The number of aliphatic carboxylic acids is 1. The van der Waals surface area contributed by atoms with E-state index in [-0.39, 0.29) is 12.8 Å². The molecule has 0 heterocycles. The van der Waals surface area contributed by atoms with Gasteiger partial charge >= 0.3 is 11.9 Å². The zero-order valence-electron chi connectivity index (χ0n) is 7.66. The van der Waals surface area contributed by atoms with Gasteiger partial charge in [0.15, 0.2) is 0 Å². The summed E-state index contributed by atoms with van der Waals surface area (Å²) in [5, 5.41) is 8.38. The number of hydrogen-bond acceptors (Lipinski definition) is 5. The number of carbonyl (C=O) groups excluding carboxylic acids is 1. The molecule has 0 amide bonds. The Morgan fingerprint density at radius 2 is 2.15 bits per heavy atom. The summed E-state index contributed by atoms with van der Waals surface area (Å²) >= 11 is 0. The number of hydrazine groups is 1. The van der Waals surface area contributed by atoms with Crippen molar-refractivity contribution in [1.82, 2.24) is 10.9 Å². The lowest BCUT2D eigenvalue weighted by Gasteiger charge is -2.13. The third kappa shape index (κ3) is 5.15. The lowest BCUT2D eigenvalue weighted by Crippen LogP contribution is -2.44. The predicted molar refractivity (Wildman–Crippen MR) is 44.9 cm³/mol. The Kier molecular flexibility index (Phi) is 5.82. The Balaban J connectivity index is 3.93. The maximum absolute atomic E-state index is 11.0. The maximum Gasteiger partial charge on any atom is 0.324 e. The van der Waals surface area contributed by atoms with E-state index in [0.717, 1.165) is 0 Å². The highest BCUT2D eigenvalue weighted by Gasteiger charge is 2.18. The molecule has 0 aromatic heterocycles. The molecule has 0 bridgehead atoms. The summed E-state index contributed by atoms with van der Waals surface area (Å²) in [4.78, 5) is 21.2. The molecule has 0 saturated heterocycles. The monoisotopic (exact) mass is 190 g/mol. The van der Waals surface area contributed by atoms with Crippen LogP contribution in [0.15, 0.2) is 0 Å². The van der Waals surface area contributed by atoms with Gasteiger partial charge in [0.05, 0.1) is 7.11 Å². The summed E-state index contributed by atoms with van der Waals surface area (Å²) in [6, 6.07) is -0.619. The van der Waals surface area contributed by atoms with Crippen molar-refractivity contribution in [3.05, 3.63) is 0 Å². The van der Waals surface area contributed by atoms with E-state index >= 15 is 0 Å². The second-order valence-corrected chi connectivity index (χ2v) is 2.40. The van der Waals surface area contributed by atoms with Gasteiger partial charge in [0.1, 0.15) is 6.04 Å². The number of ether oxygens (including phenoxy) is 1. The minimum absolute atomic E-state index is 0.0750. The Morgan fingerprint density at radius 1 is 1.54 bits per heavy atom. The molecule has 0 fully saturated rings. The van der Waals surface area contributed by atoms with Crippen LogP contribution in [0.25, 0.3) is 0 Å². The average Bonchev–Trinajstić information content (AvgIpc) is 2.10. The molecule has 3 N–H and O–H groups in total. The molecule has 0 radical (unpaired) electrons. The van der Waals surface area contributed by atoms with Crippen LogP contribution in [0.5, 0.6) is 0 Å². The molecule has 1 atom stereocenters. The zero-order chi connectivity index (χ0) is 10.3. The highest BCUT2D eigenvalue weighted by Crippen LogP contribution is 1.98. The van der Waals surface area contributed by atoms with E-state index < -0.39 is 18.0 Å². The Labute approximate surface area is 76.2 Å². The van der Waals surface area contributed by atoms with Crippen molar-refractivity contribution < 1.29 is 19.4 Å². The molecule has 13 heavy (non-hydrogen) atoms. The third-order valence-corrected chi connectivity index (χ3v) is 1.45. The number of hydrogen-bond donors (Lipinski definition) is 3. The van der Waals surface area contributed by atoms with E-state index in [0.29, 0.717) is 0 Å². The molecule has 0 aromatic rings. The maximum atomic E-state index is 11.0. The quantitative estimate of drug-likeness (QED) is 0.372. The van der Waals surface area contributed by atoms with Crippen LogP contribution in [0, 0.1) is 0 Å². The number of esters is 1. The van der Waals surface area contributed by atoms with Crippen LogP contribution in [-0.2, 0) is 14.3 Å². The van der Waals surface area contributed by atoms with E-state index in [1.807, 2.05) is 0 Å². The van der Waals surface area contributed by atoms with Crippen molar-refractivity contribution in [2.75, 3.05) is 14.2 Å². The minimum Gasteiger partial charge on any atom is -0.481 e. The summed E-state index contributed by atoms with van der Waals surface area (Å²) in [5.74, 6) is -1.41. The van der Waals surface area contributed by atoms with Gasteiger partial charge in [-0.2, -0.15) is 0 Å². The second-order valence-electron chi connectivity index (χ2n) is 2.40. The first-order chi connectivity index (χ1) is 6.11. The number of carboxylic acids is 1. The Morgan fingerprint density at radius 3 is 2.54 bits per heavy atom. The van der Waals surface area contributed by atoms with E-state index in [4.69, 9.17) is 5.11 Å². The summed E-state index contributed by atoms with van der Waals surface area (Å²) < 4.78 is 4.46. The summed E-state index contributed by atoms with van der Waals surface area (Å²) in [6.07, 6.45) is 0.122. The highest BCUT2D eigenvalue weighted by molar-refractivity contribution is 5.76. The first-order valence-corrected chi connectivity index (χ1v) is 3.83. The number of nitrogens with one attached hydrogen (secondary N) is 2. The van der Waals surface area contributed by atoms with Crippen molar-refractivity contribution in [2.24, 2.45) is 0 Å². The molecule has 76 valence electrons. The van der Waals surface area contributed by atoms with Gasteiger partial charge in [0, 0.05) is 6.42 Å². The number of rotatable bonds is 6. The topological polar surface area (TPSA) is 87.7 Å². The van der Waals surface area contributed by atoms with Crippen LogP contribution in [0.1, 0.15) is 12.8 Å². The van der Waals surface area contributed by atoms with Crippen LogP contribution >= 0.6 is 0 Å². The van der Waals surface area contributed by atoms with Crippen molar-refractivity contribution in [3.8, 4) is 0 Å². The van der Waals surface area contributed by atoms with Gasteiger partial charge < -0.3 is 9.84 Å². The van der Waals surface area contributed by atoms with Gasteiger partial charge in [-0.25, -0.2) is 5.43 Å². The molecule has 0 rings (SSSR count). The van der Waals surface area contributed by atoms with Crippen LogP contribution in [-0.4, -0.2) is 37.2 Å². The molecule has 0 aliphatic carbocycles. The molecule has 0 aliphatic rings. The van der Waals surface area contributed by atoms with Crippen molar-refractivity contribution in [1.29, 1.82) is 0 Å². The lowest BCUT2D eigenvalue weighted by atomic mass is 10.2. The van der Waals surface area contributed by atoms with Crippen molar-refractivity contribution in [2.45, 2.75) is 18.9 Å². The molecule has 0 aromatic carbocycles. The fourth-order valence-electron chi connectivity index (χ4n) is 0.833. The Hall–Kier alpha value is -1.14. The average molecular weight is 190 g/mol. The molecular formula is C7H14N2O4. The summed E-state index contributed by atoms with van der Waals surface area (Å²) in [7, 11) is 2.85. The van der Waals surface area contributed by atoms with Gasteiger partial charge in [-0.15, -0.1) is 0 Å². The van der Waals surface area contributed by atoms with E-state index in [9.17, 15) is 9.59 Å². The van der Waals surface area contributed by atoms with Crippen LogP contribution in [0.4, 0.5) is 0 Å². The van der Waals surface area contributed by atoms with E-state index in [1.165, 1.54) is 7.11 Å². The fourth-order valence-corrected chi connectivity index (χ4v) is 0.833. The molecule has 6 nitrogen and oxygen atoms in total. The normalized spacial score (nSPS) is 12.2. The van der Waals surface area contributed by atoms with Crippen LogP contribution in [0.3, 0.4) is 0 Å². The number of carboxylic acid groups (broad SMARTS) is 1. The molecule has 0 saturated carbocycles. The highest BCUT2D eigenvalue weighted by atomic mass is 16.5. The lowest BCUT2D eigenvalue weighted by molar-refractivity contribution is -0.144. The molecule has 0 unspecified atom stereocenters. The largest absolute Gasteiger partial charge is 0.481 e. The number of methoxy groups -OCH3 is 1. The molecule has 6 heteroatoms. The smallest absolute Gasteiger partial charge is 0.324 e. The van der Waals surface area contributed by atoms with Crippen molar-refractivity contribution in [3.63, 3.8) is 0 Å². The zero-order valence-corrected chi connectivity index (χ0v) is 7.66. The molecular weight excluding hydrogens is 176 g/mol. The first-order valence-electron chi connectivity index (χ1n) is 3.83. The van der Waals surface area contributed by atoms with Crippen LogP contribution in [0.2, 0.25) is 0 Å². The number of carbonyl (C=O) groups is 2. The van der Waals surface area contributed by atoms with Gasteiger partial charge in [-0.3, -0.25) is 15.0 Å². The van der Waals surface area contributed by atoms with Crippen molar-refractivity contribution >= 4 is 11.9 Å². The van der Waals surface area contributed by atoms with E-state index in [1.54, 1.807) is 7.05 Å². The second kappa shape index (κ2) is 6.38. The SMILES string of the molecule is CNN[C@@H](CCC(=O)O)C(=O)OC. The van der Waals surface area contributed by atoms with Gasteiger partial charge in [-0.05, 0) is 13.5 Å². The molecule has 0 aliphatic heterocycles. The summed E-state index contributed by atoms with van der Waals surface area (Å²) in [6.45, 7) is 0. The van der Waals surface area contributed by atoms with E-state index in [2.05, 4.69) is 15.6 Å².